The molecule has 0 bridgehead atoms. The number of benzene rings is 3. The normalized spacial score (nSPS) is 11.8. The number of fused-ring (bicyclic) bond motifs is 1. The summed E-state index contributed by atoms with van der Waals surface area (Å²) in [4.78, 5) is 29.0. The fourth-order valence-corrected chi connectivity index (χ4v) is 3.98. The summed E-state index contributed by atoms with van der Waals surface area (Å²) in [5.74, 6) is -0.0825. The summed E-state index contributed by atoms with van der Waals surface area (Å²) < 4.78 is 12.0. The van der Waals surface area contributed by atoms with E-state index in [-0.39, 0.29) is 18.4 Å². The predicted molar refractivity (Wildman–Crippen MR) is 137 cm³/mol. The van der Waals surface area contributed by atoms with Gasteiger partial charge in [0.1, 0.15) is 23.9 Å². The van der Waals surface area contributed by atoms with Crippen LogP contribution in [-0.2, 0) is 20.9 Å². The van der Waals surface area contributed by atoms with Gasteiger partial charge in [0.25, 0.3) is 0 Å². The molecule has 0 spiro atoms. The second-order valence-corrected chi connectivity index (χ2v) is 8.30. The first-order chi connectivity index (χ1) is 17.5. The molecule has 4 aromatic rings. The molecule has 0 unspecified atom stereocenters. The van der Waals surface area contributed by atoms with Gasteiger partial charge in [-0.2, -0.15) is 0 Å². The standard InChI is InChI=1S/C27H29N5O4/c1-19-11-13-20(14-12-19)26(27(34)28-15-16-35-2)32(21-7-6-8-22(17-21)36-3)25(33)18-31-24-10-5-4-9-23(24)29-30-31/h4-14,17,26H,15-16,18H2,1-3H3,(H,28,34)/t26-/m1/s1. The fourth-order valence-electron chi connectivity index (χ4n) is 3.98. The summed E-state index contributed by atoms with van der Waals surface area (Å²) in [7, 11) is 3.12. The highest BCUT2D eigenvalue weighted by atomic mass is 16.5. The first kappa shape index (κ1) is 24.9. The van der Waals surface area contributed by atoms with E-state index in [0.717, 1.165) is 11.1 Å². The lowest BCUT2D eigenvalue weighted by atomic mass is 10.0. The molecular formula is C27H29N5O4. The van der Waals surface area contributed by atoms with Crippen molar-refractivity contribution >= 4 is 28.5 Å². The van der Waals surface area contributed by atoms with Crippen molar-refractivity contribution in [1.29, 1.82) is 0 Å². The van der Waals surface area contributed by atoms with Gasteiger partial charge in [0.15, 0.2) is 0 Å². The number of hydrogen-bond acceptors (Lipinski definition) is 6. The highest BCUT2D eigenvalue weighted by Gasteiger charge is 2.33. The molecule has 1 N–H and O–H groups in total. The topological polar surface area (TPSA) is 98.6 Å². The van der Waals surface area contributed by atoms with Crippen LogP contribution in [0.4, 0.5) is 5.69 Å². The molecule has 9 nitrogen and oxygen atoms in total. The minimum absolute atomic E-state index is 0.106. The van der Waals surface area contributed by atoms with E-state index in [4.69, 9.17) is 9.47 Å². The lowest BCUT2D eigenvalue weighted by Gasteiger charge is -2.32. The average Bonchev–Trinajstić information content (AvgIpc) is 3.30. The second kappa shape index (κ2) is 11.5. The quantitative estimate of drug-likeness (QED) is 0.345. The molecule has 0 saturated heterocycles. The Balaban J connectivity index is 1.79. The number of rotatable bonds is 10. The van der Waals surface area contributed by atoms with E-state index >= 15 is 0 Å². The van der Waals surface area contributed by atoms with Crippen LogP contribution in [0.1, 0.15) is 17.2 Å². The number of hydrogen-bond donors (Lipinski definition) is 1. The Morgan fingerprint density at radius 1 is 1.03 bits per heavy atom. The molecule has 0 fully saturated rings. The molecular weight excluding hydrogens is 458 g/mol. The first-order valence-corrected chi connectivity index (χ1v) is 11.6. The summed E-state index contributed by atoms with van der Waals surface area (Å²) in [6, 6.07) is 21.1. The van der Waals surface area contributed by atoms with Gasteiger partial charge >= 0.3 is 0 Å². The predicted octanol–water partition coefficient (Wildman–Crippen LogP) is 3.29. The van der Waals surface area contributed by atoms with Crippen LogP contribution in [0, 0.1) is 6.92 Å². The average molecular weight is 488 g/mol. The van der Waals surface area contributed by atoms with Gasteiger partial charge in [-0.3, -0.25) is 14.5 Å². The molecule has 0 saturated carbocycles. The number of carbonyl (C=O) groups is 2. The highest BCUT2D eigenvalue weighted by Crippen LogP contribution is 2.31. The van der Waals surface area contributed by atoms with Crippen LogP contribution in [0.2, 0.25) is 0 Å². The van der Waals surface area contributed by atoms with Crippen molar-refractivity contribution in [2.45, 2.75) is 19.5 Å². The van der Waals surface area contributed by atoms with E-state index in [0.29, 0.717) is 35.7 Å². The van der Waals surface area contributed by atoms with Crippen molar-refractivity contribution in [2.24, 2.45) is 0 Å². The van der Waals surface area contributed by atoms with Crippen LogP contribution >= 0.6 is 0 Å². The summed E-state index contributed by atoms with van der Waals surface area (Å²) in [5, 5.41) is 11.2. The minimum Gasteiger partial charge on any atom is -0.497 e. The van der Waals surface area contributed by atoms with Gasteiger partial charge in [-0.05, 0) is 36.8 Å². The van der Waals surface area contributed by atoms with E-state index in [1.807, 2.05) is 55.5 Å². The third-order valence-electron chi connectivity index (χ3n) is 5.81. The highest BCUT2D eigenvalue weighted by molar-refractivity contribution is 6.01. The van der Waals surface area contributed by atoms with Crippen LogP contribution in [0.25, 0.3) is 11.0 Å². The molecule has 1 atom stereocenters. The van der Waals surface area contributed by atoms with Crippen molar-refractivity contribution in [2.75, 3.05) is 32.3 Å². The van der Waals surface area contributed by atoms with E-state index in [9.17, 15) is 9.59 Å². The number of para-hydroxylation sites is 1. The monoisotopic (exact) mass is 487 g/mol. The molecule has 0 aliphatic heterocycles. The maximum Gasteiger partial charge on any atom is 0.249 e. The summed E-state index contributed by atoms with van der Waals surface area (Å²) in [5.41, 5.74) is 3.66. The van der Waals surface area contributed by atoms with Crippen molar-refractivity contribution in [1.82, 2.24) is 20.3 Å². The third-order valence-corrected chi connectivity index (χ3v) is 5.81. The Hall–Kier alpha value is -4.24. The smallest absolute Gasteiger partial charge is 0.249 e. The summed E-state index contributed by atoms with van der Waals surface area (Å²) in [6.07, 6.45) is 0. The van der Waals surface area contributed by atoms with Crippen molar-refractivity contribution < 1.29 is 19.1 Å². The Morgan fingerprint density at radius 3 is 2.56 bits per heavy atom. The molecule has 0 aliphatic rings. The van der Waals surface area contributed by atoms with Gasteiger partial charge in [-0.25, -0.2) is 4.68 Å². The third kappa shape index (κ3) is 5.52. The lowest BCUT2D eigenvalue weighted by Crippen LogP contribution is -2.46. The Kier molecular flexibility index (Phi) is 7.92. The molecule has 0 aliphatic carbocycles. The number of methoxy groups -OCH3 is 2. The Bertz CT molecular complexity index is 1340. The number of nitrogens with zero attached hydrogens (tertiary/aromatic N) is 4. The van der Waals surface area contributed by atoms with Gasteiger partial charge in [-0.15, -0.1) is 5.10 Å². The second-order valence-electron chi connectivity index (χ2n) is 8.30. The number of anilines is 1. The number of ether oxygens (including phenoxy) is 2. The van der Waals surface area contributed by atoms with Crippen LogP contribution in [0.15, 0.2) is 72.8 Å². The van der Waals surface area contributed by atoms with E-state index in [1.165, 1.54) is 4.90 Å². The van der Waals surface area contributed by atoms with Crippen LogP contribution in [-0.4, -0.2) is 54.2 Å². The zero-order chi connectivity index (χ0) is 25.5. The minimum atomic E-state index is -0.933. The van der Waals surface area contributed by atoms with Crippen molar-refractivity contribution in [3.8, 4) is 5.75 Å². The zero-order valence-electron chi connectivity index (χ0n) is 20.5. The fraction of sp³-hybridized carbons (Fsp3) is 0.259. The van der Waals surface area contributed by atoms with Gasteiger partial charge in [0.2, 0.25) is 11.8 Å². The van der Waals surface area contributed by atoms with E-state index in [2.05, 4.69) is 15.6 Å². The van der Waals surface area contributed by atoms with Crippen LogP contribution in [0.5, 0.6) is 5.75 Å². The molecule has 2 amide bonds. The number of carbonyl (C=O) groups excluding carboxylic acids is 2. The number of aromatic nitrogens is 3. The van der Waals surface area contributed by atoms with Gasteiger partial charge in [-0.1, -0.05) is 53.2 Å². The molecule has 1 heterocycles. The largest absolute Gasteiger partial charge is 0.497 e. The van der Waals surface area contributed by atoms with Crippen LogP contribution in [0.3, 0.4) is 0 Å². The lowest BCUT2D eigenvalue weighted by molar-refractivity contribution is -0.127. The summed E-state index contributed by atoms with van der Waals surface area (Å²) >= 11 is 0. The Labute approximate surface area is 209 Å². The molecule has 186 valence electrons. The molecule has 36 heavy (non-hydrogen) atoms. The Morgan fingerprint density at radius 2 is 1.81 bits per heavy atom. The number of nitrogens with one attached hydrogen (secondary N) is 1. The van der Waals surface area contributed by atoms with E-state index < -0.39 is 6.04 Å². The molecule has 1 aromatic heterocycles. The van der Waals surface area contributed by atoms with Gasteiger partial charge < -0.3 is 14.8 Å². The zero-order valence-corrected chi connectivity index (χ0v) is 20.5. The molecule has 3 aromatic carbocycles. The van der Waals surface area contributed by atoms with Gasteiger partial charge in [0.05, 0.1) is 19.2 Å². The van der Waals surface area contributed by atoms with Crippen molar-refractivity contribution in [3.05, 3.63) is 83.9 Å². The van der Waals surface area contributed by atoms with Crippen LogP contribution < -0.4 is 15.0 Å². The van der Waals surface area contributed by atoms with E-state index in [1.54, 1.807) is 43.2 Å². The van der Waals surface area contributed by atoms with Crippen molar-refractivity contribution in [3.63, 3.8) is 0 Å². The maximum absolute atomic E-state index is 14.0. The maximum atomic E-state index is 14.0. The summed E-state index contributed by atoms with van der Waals surface area (Å²) in [6.45, 7) is 2.53. The molecule has 0 radical (unpaired) electrons. The SMILES string of the molecule is COCCNC(=O)[C@@H](c1ccc(C)cc1)N(C(=O)Cn1nnc2ccccc21)c1cccc(OC)c1. The first-order valence-electron chi connectivity index (χ1n) is 11.6. The van der Waals surface area contributed by atoms with Gasteiger partial charge in [0, 0.05) is 25.4 Å². The molecule has 9 heteroatoms. The number of amides is 2. The molecule has 4 rings (SSSR count). The number of aryl methyl sites for hydroxylation is 1.